The fourth-order valence-corrected chi connectivity index (χ4v) is 3.85. The van der Waals surface area contributed by atoms with E-state index in [0.29, 0.717) is 30.8 Å². The summed E-state index contributed by atoms with van der Waals surface area (Å²) in [6.07, 6.45) is 4.50. The molecule has 0 saturated carbocycles. The van der Waals surface area contributed by atoms with Crippen molar-refractivity contribution in [2.24, 2.45) is 11.8 Å². The highest BCUT2D eigenvalue weighted by molar-refractivity contribution is 5.92. The lowest BCUT2D eigenvalue weighted by molar-refractivity contribution is 0.0774. The molecule has 2 aliphatic rings. The van der Waals surface area contributed by atoms with Gasteiger partial charge in [0.2, 0.25) is 0 Å². The quantitative estimate of drug-likeness (QED) is 0.880. The third kappa shape index (κ3) is 2.95. The first-order valence-corrected chi connectivity index (χ1v) is 8.92. The van der Waals surface area contributed by atoms with Crippen LogP contribution in [0.2, 0.25) is 0 Å². The summed E-state index contributed by atoms with van der Waals surface area (Å²) in [5.41, 5.74) is 0.582. The van der Waals surface area contributed by atoms with Crippen LogP contribution in [0.3, 0.4) is 0 Å². The van der Waals surface area contributed by atoms with Gasteiger partial charge in [-0.3, -0.25) is 9.59 Å². The highest BCUT2D eigenvalue weighted by atomic mass is 16.2. The molecule has 26 heavy (non-hydrogen) atoms. The van der Waals surface area contributed by atoms with Crippen LogP contribution >= 0.6 is 0 Å². The SMILES string of the molecule is CC(C)c1cc(N2CC3CN(C(=O)c4ncc[nH]c4=O)CC3C2)ncn1. The molecular weight excluding hydrogens is 332 g/mol. The van der Waals surface area contributed by atoms with Gasteiger partial charge < -0.3 is 14.8 Å². The molecule has 136 valence electrons. The Morgan fingerprint density at radius 2 is 1.88 bits per heavy atom. The molecular formula is C18H22N6O2. The number of hydrogen-bond acceptors (Lipinski definition) is 6. The molecule has 0 radical (unpaired) electrons. The largest absolute Gasteiger partial charge is 0.356 e. The summed E-state index contributed by atoms with van der Waals surface area (Å²) in [4.78, 5) is 43.6. The molecule has 1 amide bonds. The molecule has 4 heterocycles. The van der Waals surface area contributed by atoms with Crippen LogP contribution < -0.4 is 10.5 Å². The Balaban J connectivity index is 1.45. The zero-order valence-electron chi connectivity index (χ0n) is 14.9. The smallest absolute Gasteiger partial charge is 0.279 e. The molecule has 2 aromatic heterocycles. The summed E-state index contributed by atoms with van der Waals surface area (Å²) in [7, 11) is 0. The number of aromatic amines is 1. The van der Waals surface area contributed by atoms with E-state index in [1.54, 1.807) is 11.2 Å². The van der Waals surface area contributed by atoms with Crippen molar-refractivity contribution in [3.8, 4) is 0 Å². The van der Waals surface area contributed by atoms with Gasteiger partial charge in [0.25, 0.3) is 11.5 Å². The van der Waals surface area contributed by atoms with Crippen molar-refractivity contribution in [1.29, 1.82) is 0 Å². The second-order valence-electron chi connectivity index (χ2n) is 7.36. The van der Waals surface area contributed by atoms with Crippen LogP contribution in [-0.2, 0) is 0 Å². The number of H-pyrrole nitrogens is 1. The van der Waals surface area contributed by atoms with E-state index in [0.717, 1.165) is 24.6 Å². The first-order chi connectivity index (χ1) is 12.5. The molecule has 1 N–H and O–H groups in total. The van der Waals surface area contributed by atoms with E-state index < -0.39 is 5.56 Å². The van der Waals surface area contributed by atoms with E-state index in [2.05, 4.69) is 44.7 Å². The summed E-state index contributed by atoms with van der Waals surface area (Å²) in [6.45, 7) is 7.26. The molecule has 2 aromatic rings. The molecule has 4 rings (SSSR count). The van der Waals surface area contributed by atoms with Gasteiger partial charge in [-0.1, -0.05) is 13.8 Å². The zero-order valence-corrected chi connectivity index (χ0v) is 14.9. The van der Waals surface area contributed by atoms with Crippen LogP contribution in [0, 0.1) is 11.8 Å². The average Bonchev–Trinajstić information content (AvgIpc) is 3.21. The van der Waals surface area contributed by atoms with E-state index in [4.69, 9.17) is 0 Å². The standard InChI is InChI=1S/C18H22N6O2/c1-11(2)14-5-15(22-10-21-14)23-6-12-8-24(9-13(12)7-23)18(26)16-17(25)20-4-3-19-16/h3-5,10-13H,6-9H2,1-2H3,(H,20,25). The maximum absolute atomic E-state index is 12.6. The lowest BCUT2D eigenvalue weighted by Gasteiger charge is -2.22. The minimum atomic E-state index is -0.432. The summed E-state index contributed by atoms with van der Waals surface area (Å²) in [6, 6.07) is 2.06. The lowest BCUT2D eigenvalue weighted by atomic mass is 10.0. The highest BCUT2D eigenvalue weighted by Gasteiger charge is 2.42. The van der Waals surface area contributed by atoms with Gasteiger partial charge in [-0.2, -0.15) is 0 Å². The number of nitrogens with zero attached hydrogens (tertiary/aromatic N) is 5. The van der Waals surface area contributed by atoms with Gasteiger partial charge in [-0.25, -0.2) is 15.0 Å². The fraction of sp³-hybridized carbons (Fsp3) is 0.500. The molecule has 8 heteroatoms. The Morgan fingerprint density at radius 1 is 1.15 bits per heavy atom. The van der Waals surface area contributed by atoms with Crippen LogP contribution in [0.1, 0.15) is 35.9 Å². The topological polar surface area (TPSA) is 95.1 Å². The number of carbonyl (C=O) groups is 1. The van der Waals surface area contributed by atoms with E-state index in [1.807, 2.05) is 0 Å². The van der Waals surface area contributed by atoms with Crippen LogP contribution in [0.15, 0.2) is 29.6 Å². The number of aromatic nitrogens is 4. The minimum absolute atomic E-state index is 0.0262. The second kappa shape index (κ2) is 6.51. The van der Waals surface area contributed by atoms with Crippen LogP contribution in [-0.4, -0.2) is 56.9 Å². The molecule has 2 aliphatic heterocycles. The molecule has 2 unspecified atom stereocenters. The molecule has 2 atom stereocenters. The second-order valence-corrected chi connectivity index (χ2v) is 7.36. The maximum atomic E-state index is 12.6. The van der Waals surface area contributed by atoms with Gasteiger partial charge in [0.1, 0.15) is 12.1 Å². The van der Waals surface area contributed by atoms with E-state index in [9.17, 15) is 9.59 Å². The number of likely N-dealkylation sites (tertiary alicyclic amines) is 1. The van der Waals surface area contributed by atoms with E-state index in [1.165, 1.54) is 12.4 Å². The molecule has 0 aromatic carbocycles. The predicted octanol–water partition coefficient (Wildman–Crippen LogP) is 0.892. The fourth-order valence-electron chi connectivity index (χ4n) is 3.85. The third-order valence-corrected chi connectivity index (χ3v) is 5.27. The number of fused-ring (bicyclic) bond motifs is 1. The van der Waals surface area contributed by atoms with Crippen LogP contribution in [0.5, 0.6) is 0 Å². The number of carbonyl (C=O) groups excluding carboxylic acids is 1. The van der Waals surface area contributed by atoms with Gasteiger partial charge in [-0.15, -0.1) is 0 Å². The molecule has 2 fully saturated rings. The number of rotatable bonds is 3. The van der Waals surface area contributed by atoms with E-state index in [-0.39, 0.29) is 11.6 Å². The number of nitrogens with one attached hydrogen (secondary N) is 1. The van der Waals surface area contributed by atoms with Crippen molar-refractivity contribution in [1.82, 2.24) is 24.8 Å². The number of hydrogen-bond donors (Lipinski definition) is 1. The highest BCUT2D eigenvalue weighted by Crippen LogP contribution is 2.34. The maximum Gasteiger partial charge on any atom is 0.279 e. The zero-order chi connectivity index (χ0) is 18.3. The Morgan fingerprint density at radius 3 is 2.54 bits per heavy atom. The van der Waals surface area contributed by atoms with Crippen molar-refractivity contribution >= 4 is 11.7 Å². The van der Waals surface area contributed by atoms with Crippen LogP contribution in [0.25, 0.3) is 0 Å². The molecule has 0 spiro atoms. The first kappa shape index (κ1) is 16.7. The Kier molecular flexibility index (Phi) is 4.18. The van der Waals surface area contributed by atoms with Crippen molar-refractivity contribution in [2.45, 2.75) is 19.8 Å². The Bertz CT molecular complexity index is 866. The molecule has 8 nitrogen and oxygen atoms in total. The first-order valence-electron chi connectivity index (χ1n) is 8.92. The monoisotopic (exact) mass is 354 g/mol. The van der Waals surface area contributed by atoms with Gasteiger partial charge in [0.05, 0.1) is 0 Å². The predicted molar refractivity (Wildman–Crippen MR) is 96.1 cm³/mol. The van der Waals surface area contributed by atoms with Gasteiger partial charge in [-0.05, 0) is 5.92 Å². The number of amides is 1. The summed E-state index contributed by atoms with van der Waals surface area (Å²) >= 11 is 0. The lowest BCUT2D eigenvalue weighted by Crippen LogP contribution is -2.36. The molecule has 0 bridgehead atoms. The minimum Gasteiger partial charge on any atom is -0.356 e. The molecule has 0 aliphatic carbocycles. The number of anilines is 1. The summed E-state index contributed by atoms with van der Waals surface area (Å²) < 4.78 is 0. The Hall–Kier alpha value is -2.77. The van der Waals surface area contributed by atoms with Crippen molar-refractivity contribution in [3.63, 3.8) is 0 Å². The van der Waals surface area contributed by atoms with E-state index >= 15 is 0 Å². The third-order valence-electron chi connectivity index (χ3n) is 5.27. The summed E-state index contributed by atoms with van der Waals surface area (Å²) in [5, 5.41) is 0. The van der Waals surface area contributed by atoms with Gasteiger partial charge in [0, 0.05) is 62.2 Å². The molecule has 2 saturated heterocycles. The normalized spacial score (nSPS) is 22.1. The van der Waals surface area contributed by atoms with Crippen molar-refractivity contribution in [3.05, 3.63) is 46.5 Å². The van der Waals surface area contributed by atoms with Crippen LogP contribution in [0.4, 0.5) is 5.82 Å². The van der Waals surface area contributed by atoms with Gasteiger partial charge in [0.15, 0.2) is 5.69 Å². The average molecular weight is 354 g/mol. The van der Waals surface area contributed by atoms with Crippen molar-refractivity contribution in [2.75, 3.05) is 31.1 Å². The Labute approximate surface area is 151 Å². The van der Waals surface area contributed by atoms with Gasteiger partial charge >= 0.3 is 0 Å². The summed E-state index contributed by atoms with van der Waals surface area (Å²) in [5.74, 6) is 1.82. The van der Waals surface area contributed by atoms with Crippen molar-refractivity contribution < 1.29 is 4.79 Å².